The van der Waals surface area contributed by atoms with E-state index in [0.29, 0.717) is 5.92 Å². The molecule has 2 heteroatoms. The number of amides is 1. The van der Waals surface area contributed by atoms with E-state index >= 15 is 0 Å². The predicted octanol–water partition coefficient (Wildman–Crippen LogP) is 3.29. The molecule has 16 heavy (non-hydrogen) atoms. The topological polar surface area (TPSA) is 29.1 Å². The molecule has 0 aromatic rings. The fourth-order valence-corrected chi connectivity index (χ4v) is 2.39. The summed E-state index contributed by atoms with van der Waals surface area (Å²) in [4.78, 5) is 11.8. The summed E-state index contributed by atoms with van der Waals surface area (Å²) in [6.45, 7) is 6.78. The van der Waals surface area contributed by atoms with Crippen LogP contribution in [-0.2, 0) is 4.79 Å². The predicted molar refractivity (Wildman–Crippen MR) is 68.2 cm³/mol. The van der Waals surface area contributed by atoms with Gasteiger partial charge in [0.25, 0.3) is 0 Å². The summed E-state index contributed by atoms with van der Waals surface area (Å²) in [5, 5.41) is 3.06. The monoisotopic (exact) mass is 223 g/mol. The van der Waals surface area contributed by atoms with Crippen LogP contribution in [0.5, 0.6) is 0 Å². The Kier molecular flexibility index (Phi) is 6.20. The van der Waals surface area contributed by atoms with Gasteiger partial charge in [-0.25, -0.2) is 0 Å². The second-order valence-electron chi connectivity index (χ2n) is 5.04. The average Bonchev–Trinajstić information content (AvgIpc) is 2.70. The Hall–Kier alpha value is -0.790. The highest BCUT2D eigenvalue weighted by molar-refractivity contribution is 5.78. The molecule has 1 rings (SSSR count). The van der Waals surface area contributed by atoms with Crippen molar-refractivity contribution in [3.8, 4) is 0 Å². The van der Waals surface area contributed by atoms with Crippen LogP contribution in [0.1, 0.15) is 51.9 Å². The minimum absolute atomic E-state index is 0.285. The van der Waals surface area contributed by atoms with Crippen LogP contribution in [0.4, 0.5) is 0 Å². The lowest BCUT2D eigenvalue weighted by atomic mass is 10.1. The van der Waals surface area contributed by atoms with Crippen LogP contribution in [0.3, 0.4) is 0 Å². The van der Waals surface area contributed by atoms with Crippen molar-refractivity contribution < 1.29 is 4.79 Å². The number of carbonyl (C=O) groups is 1. The van der Waals surface area contributed by atoms with Gasteiger partial charge in [0, 0.05) is 12.5 Å². The van der Waals surface area contributed by atoms with E-state index in [1.807, 2.05) is 6.08 Å². The highest BCUT2D eigenvalue weighted by atomic mass is 16.1. The molecule has 1 saturated carbocycles. The number of hydrogen-bond donors (Lipinski definition) is 1. The molecular weight excluding hydrogens is 198 g/mol. The second-order valence-corrected chi connectivity index (χ2v) is 5.04. The lowest BCUT2D eigenvalue weighted by Crippen LogP contribution is -2.30. The Balaban J connectivity index is 2.00. The molecule has 1 fully saturated rings. The van der Waals surface area contributed by atoms with Crippen LogP contribution in [0.25, 0.3) is 0 Å². The summed E-state index contributed by atoms with van der Waals surface area (Å²) in [5.74, 6) is 1.32. The Morgan fingerprint density at radius 1 is 1.38 bits per heavy atom. The minimum Gasteiger partial charge on any atom is -0.356 e. The third-order valence-corrected chi connectivity index (χ3v) is 3.45. The van der Waals surface area contributed by atoms with Crippen LogP contribution in [0.2, 0.25) is 0 Å². The fourth-order valence-electron chi connectivity index (χ4n) is 2.39. The highest BCUT2D eigenvalue weighted by Gasteiger charge is 2.26. The third-order valence-electron chi connectivity index (χ3n) is 3.45. The smallest absolute Gasteiger partial charge is 0.223 e. The number of hydrogen-bond acceptors (Lipinski definition) is 1. The van der Waals surface area contributed by atoms with E-state index in [2.05, 4.69) is 18.8 Å². The van der Waals surface area contributed by atoms with E-state index in [1.54, 1.807) is 0 Å². The van der Waals surface area contributed by atoms with Crippen molar-refractivity contribution in [2.45, 2.75) is 51.9 Å². The van der Waals surface area contributed by atoms with Gasteiger partial charge in [-0.15, -0.1) is 6.58 Å². The summed E-state index contributed by atoms with van der Waals surface area (Å²) in [6, 6.07) is 0. The van der Waals surface area contributed by atoms with Crippen molar-refractivity contribution in [2.75, 3.05) is 6.54 Å². The summed E-state index contributed by atoms with van der Waals surface area (Å²) in [6.07, 6.45) is 9.92. The van der Waals surface area contributed by atoms with Crippen LogP contribution in [-0.4, -0.2) is 12.5 Å². The van der Waals surface area contributed by atoms with Gasteiger partial charge in [0.05, 0.1) is 0 Å². The van der Waals surface area contributed by atoms with E-state index in [4.69, 9.17) is 0 Å². The molecule has 0 saturated heterocycles. The van der Waals surface area contributed by atoms with E-state index < -0.39 is 0 Å². The maximum atomic E-state index is 11.8. The average molecular weight is 223 g/mol. The minimum atomic E-state index is 0.285. The van der Waals surface area contributed by atoms with E-state index in [-0.39, 0.29) is 5.91 Å². The lowest BCUT2D eigenvalue weighted by molar-refractivity contribution is -0.124. The first-order chi connectivity index (χ1) is 7.74. The van der Waals surface area contributed by atoms with Gasteiger partial charge in [-0.05, 0) is 44.4 Å². The first-order valence-corrected chi connectivity index (χ1v) is 6.62. The molecule has 92 valence electrons. The van der Waals surface area contributed by atoms with Crippen molar-refractivity contribution in [3.05, 3.63) is 12.7 Å². The molecule has 0 bridgehead atoms. The summed E-state index contributed by atoms with van der Waals surface area (Å²) < 4.78 is 0. The molecule has 0 aromatic carbocycles. The molecule has 1 amide bonds. The number of carbonyl (C=O) groups excluding carboxylic acids is 1. The van der Waals surface area contributed by atoms with Crippen molar-refractivity contribution in [1.29, 1.82) is 0 Å². The molecule has 1 N–H and O–H groups in total. The number of rotatable bonds is 7. The zero-order valence-electron chi connectivity index (χ0n) is 10.5. The quantitative estimate of drug-likeness (QED) is 0.521. The van der Waals surface area contributed by atoms with Crippen LogP contribution >= 0.6 is 0 Å². The van der Waals surface area contributed by atoms with E-state index in [9.17, 15) is 4.79 Å². The number of unbranched alkanes of at least 4 members (excludes halogenated alkanes) is 3. The standard InChI is InChI=1S/C14H25NO/c1-3-4-5-6-7-10-15-14(16)13-9-8-12(2)11-13/h3,12-13H,1,4-11H2,2H3,(H,15,16). The normalized spacial score (nSPS) is 24.3. The van der Waals surface area contributed by atoms with Crippen LogP contribution < -0.4 is 5.32 Å². The molecule has 0 aliphatic heterocycles. The Morgan fingerprint density at radius 2 is 2.19 bits per heavy atom. The molecule has 1 aliphatic carbocycles. The molecule has 0 heterocycles. The van der Waals surface area contributed by atoms with Crippen molar-refractivity contribution in [3.63, 3.8) is 0 Å². The highest BCUT2D eigenvalue weighted by Crippen LogP contribution is 2.30. The zero-order chi connectivity index (χ0) is 11.8. The number of allylic oxidation sites excluding steroid dienone is 1. The summed E-state index contributed by atoms with van der Waals surface area (Å²) in [5.41, 5.74) is 0. The molecule has 0 aromatic heterocycles. The first-order valence-electron chi connectivity index (χ1n) is 6.62. The van der Waals surface area contributed by atoms with Crippen molar-refractivity contribution in [2.24, 2.45) is 11.8 Å². The lowest BCUT2D eigenvalue weighted by Gasteiger charge is -2.10. The fraction of sp³-hybridized carbons (Fsp3) is 0.786. The largest absolute Gasteiger partial charge is 0.356 e. The van der Waals surface area contributed by atoms with Gasteiger partial charge in [-0.1, -0.05) is 19.4 Å². The molecule has 0 spiro atoms. The van der Waals surface area contributed by atoms with Gasteiger partial charge in [0.2, 0.25) is 5.91 Å². The molecule has 2 nitrogen and oxygen atoms in total. The van der Waals surface area contributed by atoms with Crippen LogP contribution in [0.15, 0.2) is 12.7 Å². The third kappa shape index (κ3) is 4.82. The second kappa shape index (κ2) is 7.48. The van der Waals surface area contributed by atoms with Gasteiger partial charge < -0.3 is 5.32 Å². The molecule has 1 aliphatic rings. The molecular formula is C14H25NO. The van der Waals surface area contributed by atoms with Gasteiger partial charge in [0.1, 0.15) is 0 Å². The first kappa shape index (κ1) is 13.3. The Labute approximate surface area is 99.5 Å². The molecule has 0 radical (unpaired) electrons. The maximum Gasteiger partial charge on any atom is 0.223 e. The number of nitrogens with one attached hydrogen (secondary N) is 1. The Morgan fingerprint density at radius 3 is 2.81 bits per heavy atom. The molecule has 2 atom stereocenters. The van der Waals surface area contributed by atoms with E-state index in [1.165, 1.54) is 19.3 Å². The van der Waals surface area contributed by atoms with E-state index in [0.717, 1.165) is 38.1 Å². The van der Waals surface area contributed by atoms with Gasteiger partial charge in [-0.3, -0.25) is 4.79 Å². The zero-order valence-corrected chi connectivity index (χ0v) is 10.5. The van der Waals surface area contributed by atoms with Crippen molar-refractivity contribution >= 4 is 5.91 Å². The van der Waals surface area contributed by atoms with Gasteiger partial charge in [0.15, 0.2) is 0 Å². The van der Waals surface area contributed by atoms with Crippen LogP contribution in [0, 0.1) is 11.8 Å². The maximum absolute atomic E-state index is 11.8. The summed E-state index contributed by atoms with van der Waals surface area (Å²) >= 11 is 0. The van der Waals surface area contributed by atoms with Gasteiger partial charge >= 0.3 is 0 Å². The molecule has 2 unspecified atom stereocenters. The van der Waals surface area contributed by atoms with Crippen molar-refractivity contribution in [1.82, 2.24) is 5.32 Å². The summed E-state index contributed by atoms with van der Waals surface area (Å²) in [7, 11) is 0. The van der Waals surface area contributed by atoms with Gasteiger partial charge in [-0.2, -0.15) is 0 Å². The SMILES string of the molecule is C=CCCCCCNC(=O)C1CCC(C)C1. The Bertz CT molecular complexity index is 225.